The molecule has 1 aliphatic rings. The summed E-state index contributed by atoms with van der Waals surface area (Å²) in [5.41, 5.74) is -0.0965. The van der Waals surface area contributed by atoms with Crippen LogP contribution in [0.25, 0.3) is 0 Å². The van der Waals surface area contributed by atoms with Gasteiger partial charge in [-0.15, -0.1) is 0 Å². The summed E-state index contributed by atoms with van der Waals surface area (Å²) in [5, 5.41) is 2.90. The van der Waals surface area contributed by atoms with Gasteiger partial charge in [0.05, 0.1) is 6.54 Å². The van der Waals surface area contributed by atoms with E-state index in [4.69, 9.17) is 4.42 Å². The number of hydrogen-bond acceptors (Lipinski definition) is 4. The molecule has 134 valence electrons. The van der Waals surface area contributed by atoms with Crippen LogP contribution in [0.1, 0.15) is 36.1 Å². The van der Waals surface area contributed by atoms with Gasteiger partial charge in [-0.2, -0.15) is 0 Å². The molecular weight excluding hydrogens is 318 g/mol. The summed E-state index contributed by atoms with van der Waals surface area (Å²) in [7, 11) is 0. The highest BCUT2D eigenvalue weighted by molar-refractivity contribution is 5.91. The molecule has 0 aliphatic carbocycles. The third kappa shape index (κ3) is 4.82. The first kappa shape index (κ1) is 17.5. The minimum Gasteiger partial charge on any atom is -0.454 e. The van der Waals surface area contributed by atoms with Gasteiger partial charge in [0.15, 0.2) is 5.76 Å². The van der Waals surface area contributed by atoms with E-state index < -0.39 is 0 Å². The molecule has 0 spiro atoms. The molecule has 0 bridgehead atoms. The number of aromatic nitrogens is 1. The van der Waals surface area contributed by atoms with Crippen LogP contribution in [0.3, 0.4) is 0 Å². The van der Waals surface area contributed by atoms with Gasteiger partial charge in [-0.05, 0) is 50.0 Å². The summed E-state index contributed by atoms with van der Waals surface area (Å²) >= 11 is 0. The van der Waals surface area contributed by atoms with E-state index in [1.165, 1.54) is 23.5 Å². The second kappa shape index (κ2) is 8.16. The average Bonchev–Trinajstić information content (AvgIpc) is 3.07. The van der Waals surface area contributed by atoms with Crippen molar-refractivity contribution in [3.63, 3.8) is 0 Å². The van der Waals surface area contributed by atoms with Crippen molar-refractivity contribution in [2.75, 3.05) is 26.2 Å². The van der Waals surface area contributed by atoms with Crippen LogP contribution in [0.2, 0.25) is 0 Å². The molecular formula is C19H25N3O3. The van der Waals surface area contributed by atoms with Gasteiger partial charge in [-0.3, -0.25) is 9.59 Å². The van der Waals surface area contributed by atoms with Gasteiger partial charge < -0.3 is 19.2 Å². The molecule has 1 amide bonds. The molecule has 1 aliphatic heterocycles. The Bertz CT molecular complexity index is 757. The Hall–Kier alpha value is -2.34. The first-order valence-electron chi connectivity index (χ1n) is 8.86. The van der Waals surface area contributed by atoms with Gasteiger partial charge in [-0.25, -0.2) is 0 Å². The SMILES string of the molecule is CC1CCN(CCNC(=O)c2ccc(Cn3ccccc3=O)o2)CC1. The van der Waals surface area contributed by atoms with E-state index in [1.54, 1.807) is 30.5 Å². The van der Waals surface area contributed by atoms with Crippen molar-refractivity contribution in [1.82, 2.24) is 14.8 Å². The highest BCUT2D eigenvalue weighted by Gasteiger charge is 2.16. The van der Waals surface area contributed by atoms with Crippen LogP contribution in [0.15, 0.2) is 45.7 Å². The van der Waals surface area contributed by atoms with Crippen LogP contribution in [0, 0.1) is 5.92 Å². The minimum atomic E-state index is -0.211. The Kier molecular flexibility index (Phi) is 5.71. The molecule has 0 radical (unpaired) electrons. The van der Waals surface area contributed by atoms with Crippen molar-refractivity contribution < 1.29 is 9.21 Å². The quantitative estimate of drug-likeness (QED) is 0.870. The molecule has 3 heterocycles. The van der Waals surface area contributed by atoms with E-state index in [9.17, 15) is 9.59 Å². The zero-order valence-corrected chi connectivity index (χ0v) is 14.6. The molecule has 6 heteroatoms. The predicted octanol–water partition coefficient (Wildman–Crippen LogP) is 1.95. The van der Waals surface area contributed by atoms with E-state index in [-0.39, 0.29) is 17.2 Å². The molecule has 1 N–H and O–H groups in total. The van der Waals surface area contributed by atoms with E-state index in [0.717, 1.165) is 25.6 Å². The molecule has 25 heavy (non-hydrogen) atoms. The second-order valence-corrected chi connectivity index (χ2v) is 6.71. The van der Waals surface area contributed by atoms with Crippen molar-refractivity contribution in [1.29, 1.82) is 0 Å². The van der Waals surface area contributed by atoms with Gasteiger partial charge in [0, 0.05) is 25.4 Å². The van der Waals surface area contributed by atoms with Crippen molar-refractivity contribution in [2.24, 2.45) is 5.92 Å². The fraction of sp³-hybridized carbons (Fsp3) is 0.474. The topological polar surface area (TPSA) is 67.5 Å². The number of likely N-dealkylation sites (tertiary alicyclic amines) is 1. The molecule has 1 saturated heterocycles. The first-order valence-corrected chi connectivity index (χ1v) is 8.86. The number of furan rings is 1. The number of amides is 1. The number of pyridine rings is 1. The zero-order chi connectivity index (χ0) is 17.6. The number of carbonyl (C=O) groups is 1. The van der Waals surface area contributed by atoms with Gasteiger partial charge in [0.2, 0.25) is 0 Å². The van der Waals surface area contributed by atoms with Crippen molar-refractivity contribution >= 4 is 5.91 Å². The number of nitrogens with zero attached hydrogens (tertiary/aromatic N) is 2. The lowest BCUT2D eigenvalue weighted by molar-refractivity contribution is 0.0915. The summed E-state index contributed by atoms with van der Waals surface area (Å²) in [6.07, 6.45) is 4.16. The molecule has 6 nitrogen and oxygen atoms in total. The molecule has 0 unspecified atom stereocenters. The maximum absolute atomic E-state index is 12.2. The second-order valence-electron chi connectivity index (χ2n) is 6.71. The maximum Gasteiger partial charge on any atom is 0.287 e. The largest absolute Gasteiger partial charge is 0.454 e. The molecule has 3 rings (SSSR count). The highest BCUT2D eigenvalue weighted by Crippen LogP contribution is 2.15. The third-order valence-corrected chi connectivity index (χ3v) is 4.70. The third-order valence-electron chi connectivity index (χ3n) is 4.70. The van der Waals surface area contributed by atoms with E-state index in [2.05, 4.69) is 17.1 Å². The van der Waals surface area contributed by atoms with Gasteiger partial charge in [0.25, 0.3) is 11.5 Å². The Morgan fingerprint density at radius 3 is 2.80 bits per heavy atom. The number of rotatable bonds is 6. The normalized spacial score (nSPS) is 16.0. The minimum absolute atomic E-state index is 0.0965. The predicted molar refractivity (Wildman–Crippen MR) is 95.7 cm³/mol. The fourth-order valence-corrected chi connectivity index (χ4v) is 3.04. The Morgan fingerprint density at radius 2 is 2.04 bits per heavy atom. The van der Waals surface area contributed by atoms with Crippen LogP contribution >= 0.6 is 0 Å². The summed E-state index contributed by atoms with van der Waals surface area (Å²) in [6, 6.07) is 8.38. The molecule has 0 aromatic carbocycles. The summed E-state index contributed by atoms with van der Waals surface area (Å²) in [6.45, 7) is 6.30. The van der Waals surface area contributed by atoms with Crippen LogP contribution < -0.4 is 10.9 Å². The van der Waals surface area contributed by atoms with Crippen LogP contribution in [-0.4, -0.2) is 41.6 Å². The summed E-state index contributed by atoms with van der Waals surface area (Å²) in [4.78, 5) is 26.3. The summed E-state index contributed by atoms with van der Waals surface area (Å²) < 4.78 is 7.12. The zero-order valence-electron chi connectivity index (χ0n) is 14.6. The number of hydrogen-bond donors (Lipinski definition) is 1. The lowest BCUT2D eigenvalue weighted by Crippen LogP contribution is -2.39. The van der Waals surface area contributed by atoms with Gasteiger partial charge in [0.1, 0.15) is 5.76 Å². The molecule has 2 aromatic rings. The smallest absolute Gasteiger partial charge is 0.287 e. The Balaban J connectivity index is 1.47. The Labute approximate surface area is 147 Å². The highest BCUT2D eigenvalue weighted by atomic mass is 16.4. The number of carbonyl (C=O) groups excluding carboxylic acids is 1. The first-order chi connectivity index (χ1) is 12.1. The standard InChI is InChI=1S/C19H25N3O3/c1-15-7-11-21(12-8-15)13-9-20-19(24)17-6-5-16(25-17)14-22-10-3-2-4-18(22)23/h2-6,10,15H,7-9,11-14H2,1H3,(H,20,24). The van der Waals surface area contributed by atoms with E-state index in [1.807, 2.05) is 0 Å². The average molecular weight is 343 g/mol. The van der Waals surface area contributed by atoms with Gasteiger partial charge >= 0.3 is 0 Å². The molecule has 0 atom stereocenters. The lowest BCUT2D eigenvalue weighted by atomic mass is 9.99. The van der Waals surface area contributed by atoms with Gasteiger partial charge in [-0.1, -0.05) is 13.0 Å². The van der Waals surface area contributed by atoms with Crippen LogP contribution in [0.4, 0.5) is 0 Å². The fourth-order valence-electron chi connectivity index (χ4n) is 3.04. The van der Waals surface area contributed by atoms with Crippen molar-refractivity contribution in [3.05, 3.63) is 58.4 Å². The van der Waals surface area contributed by atoms with E-state index >= 15 is 0 Å². The Morgan fingerprint density at radius 1 is 1.24 bits per heavy atom. The lowest BCUT2D eigenvalue weighted by Gasteiger charge is -2.30. The monoisotopic (exact) mass is 343 g/mol. The number of piperidine rings is 1. The van der Waals surface area contributed by atoms with Crippen molar-refractivity contribution in [3.8, 4) is 0 Å². The van der Waals surface area contributed by atoms with Crippen molar-refractivity contribution in [2.45, 2.75) is 26.3 Å². The molecule has 2 aromatic heterocycles. The van der Waals surface area contributed by atoms with Crippen LogP contribution in [0.5, 0.6) is 0 Å². The van der Waals surface area contributed by atoms with E-state index in [0.29, 0.717) is 18.8 Å². The summed E-state index contributed by atoms with van der Waals surface area (Å²) in [5.74, 6) is 1.47. The van der Waals surface area contributed by atoms with Crippen LogP contribution in [-0.2, 0) is 6.54 Å². The molecule has 1 fully saturated rings. The number of nitrogens with one attached hydrogen (secondary N) is 1. The maximum atomic E-state index is 12.2. The molecule has 0 saturated carbocycles.